The molecule has 0 saturated carbocycles. The Hall–Kier alpha value is -3.23. The fourth-order valence-electron chi connectivity index (χ4n) is 3.05. The quantitative estimate of drug-likeness (QED) is 0.477. The lowest BCUT2D eigenvalue weighted by Gasteiger charge is -2.15. The Morgan fingerprint density at radius 3 is 2.63 bits per heavy atom. The van der Waals surface area contributed by atoms with Crippen molar-refractivity contribution in [2.24, 2.45) is 0 Å². The Morgan fingerprint density at radius 1 is 1.17 bits per heavy atom. The third-order valence-electron chi connectivity index (χ3n) is 4.44. The number of thiocarbonyl (C=S) groups is 1. The van der Waals surface area contributed by atoms with Crippen molar-refractivity contribution in [1.82, 2.24) is 4.98 Å². The van der Waals surface area contributed by atoms with Gasteiger partial charge >= 0.3 is 0 Å². The number of benzene rings is 2. The molecule has 6 nitrogen and oxygen atoms in total. The van der Waals surface area contributed by atoms with Crippen LogP contribution in [0.3, 0.4) is 0 Å². The SMILES string of the molecule is COc1ccc2nc(C=C3SC(=S)N(c4ccc(NC(C)=O)cc4)C3=O)ccc2c1. The van der Waals surface area contributed by atoms with Crippen LogP contribution in [0.15, 0.2) is 59.5 Å². The van der Waals surface area contributed by atoms with E-state index in [-0.39, 0.29) is 11.8 Å². The molecule has 0 bridgehead atoms. The molecule has 0 radical (unpaired) electrons. The number of carbonyl (C=O) groups excluding carboxylic acids is 2. The topological polar surface area (TPSA) is 71.5 Å². The minimum atomic E-state index is -0.200. The van der Waals surface area contributed by atoms with Gasteiger partial charge in [-0.15, -0.1) is 0 Å². The molecule has 1 aliphatic heterocycles. The number of hydrogen-bond donors (Lipinski definition) is 1. The fourth-order valence-corrected chi connectivity index (χ4v) is 4.33. The first kappa shape index (κ1) is 20.1. The van der Waals surface area contributed by atoms with Crippen molar-refractivity contribution in [2.45, 2.75) is 6.92 Å². The number of rotatable bonds is 4. The highest BCUT2D eigenvalue weighted by molar-refractivity contribution is 8.27. The van der Waals surface area contributed by atoms with Gasteiger partial charge in [-0.2, -0.15) is 0 Å². The van der Waals surface area contributed by atoms with E-state index < -0.39 is 0 Å². The van der Waals surface area contributed by atoms with Crippen LogP contribution >= 0.6 is 24.0 Å². The number of methoxy groups -OCH3 is 1. The van der Waals surface area contributed by atoms with Crippen LogP contribution in [0.2, 0.25) is 0 Å². The fraction of sp³-hybridized carbons (Fsp3) is 0.0909. The van der Waals surface area contributed by atoms with Gasteiger partial charge in [0, 0.05) is 18.0 Å². The van der Waals surface area contributed by atoms with E-state index in [9.17, 15) is 9.59 Å². The first-order chi connectivity index (χ1) is 14.4. The molecule has 1 aliphatic rings. The van der Waals surface area contributed by atoms with Crippen LogP contribution in [0.5, 0.6) is 5.75 Å². The number of hydrogen-bond acceptors (Lipinski definition) is 6. The molecule has 0 spiro atoms. The van der Waals surface area contributed by atoms with Gasteiger partial charge in [-0.25, -0.2) is 4.98 Å². The van der Waals surface area contributed by atoms with E-state index >= 15 is 0 Å². The van der Waals surface area contributed by atoms with Crippen LogP contribution in [-0.4, -0.2) is 28.2 Å². The highest BCUT2D eigenvalue weighted by Gasteiger charge is 2.33. The van der Waals surface area contributed by atoms with Crippen LogP contribution < -0.4 is 15.0 Å². The Kier molecular flexibility index (Phi) is 5.52. The van der Waals surface area contributed by atoms with Gasteiger partial charge in [0.05, 0.1) is 28.9 Å². The molecule has 8 heteroatoms. The number of fused-ring (bicyclic) bond motifs is 1. The number of pyridine rings is 1. The van der Waals surface area contributed by atoms with Gasteiger partial charge in [0.15, 0.2) is 4.32 Å². The Morgan fingerprint density at radius 2 is 1.93 bits per heavy atom. The molecule has 0 atom stereocenters. The molecular formula is C22H17N3O3S2. The summed E-state index contributed by atoms with van der Waals surface area (Å²) >= 11 is 6.66. The normalized spacial score (nSPS) is 15.1. The second kappa shape index (κ2) is 8.25. The second-order valence-electron chi connectivity index (χ2n) is 6.54. The zero-order valence-electron chi connectivity index (χ0n) is 16.2. The van der Waals surface area contributed by atoms with Gasteiger partial charge in [-0.3, -0.25) is 14.5 Å². The molecule has 150 valence electrons. The summed E-state index contributed by atoms with van der Waals surface area (Å²) in [5, 5.41) is 3.66. The number of thioether (sulfide) groups is 1. The molecule has 4 rings (SSSR count). The summed E-state index contributed by atoms with van der Waals surface area (Å²) in [5.74, 6) is 0.411. The van der Waals surface area contributed by atoms with Crippen molar-refractivity contribution in [2.75, 3.05) is 17.3 Å². The summed E-state index contributed by atoms with van der Waals surface area (Å²) in [4.78, 5) is 30.7. The predicted octanol–water partition coefficient (Wildman–Crippen LogP) is 4.61. The van der Waals surface area contributed by atoms with Crippen LogP contribution in [0.25, 0.3) is 17.0 Å². The van der Waals surface area contributed by atoms with Crippen LogP contribution in [0.1, 0.15) is 12.6 Å². The molecule has 1 N–H and O–H groups in total. The first-order valence-electron chi connectivity index (χ1n) is 9.05. The number of carbonyl (C=O) groups is 2. The molecule has 1 aromatic heterocycles. The maximum atomic E-state index is 13.0. The number of aromatic nitrogens is 1. The molecule has 2 aromatic carbocycles. The minimum Gasteiger partial charge on any atom is -0.497 e. The van der Waals surface area contributed by atoms with E-state index in [1.807, 2.05) is 30.3 Å². The van der Waals surface area contributed by atoms with Crippen molar-refractivity contribution >= 4 is 68.5 Å². The van der Waals surface area contributed by atoms with E-state index in [4.69, 9.17) is 17.0 Å². The number of anilines is 2. The average Bonchev–Trinajstić information content (AvgIpc) is 3.01. The van der Waals surface area contributed by atoms with Crippen molar-refractivity contribution in [1.29, 1.82) is 0 Å². The summed E-state index contributed by atoms with van der Waals surface area (Å²) in [7, 11) is 1.62. The summed E-state index contributed by atoms with van der Waals surface area (Å²) < 4.78 is 5.69. The first-order valence-corrected chi connectivity index (χ1v) is 10.3. The molecule has 0 unspecified atom stereocenters. The summed E-state index contributed by atoms with van der Waals surface area (Å²) in [6.45, 7) is 1.44. The maximum Gasteiger partial charge on any atom is 0.270 e. The van der Waals surface area contributed by atoms with Crippen LogP contribution in [0.4, 0.5) is 11.4 Å². The van der Waals surface area contributed by atoms with Crippen molar-refractivity contribution in [3.8, 4) is 5.75 Å². The van der Waals surface area contributed by atoms with Gasteiger partial charge in [-0.1, -0.05) is 30.0 Å². The Bertz CT molecular complexity index is 1210. The molecule has 3 aromatic rings. The van der Waals surface area contributed by atoms with Crippen molar-refractivity contribution in [3.63, 3.8) is 0 Å². The lowest BCUT2D eigenvalue weighted by Crippen LogP contribution is -2.27. The van der Waals surface area contributed by atoms with Gasteiger partial charge in [-0.05, 0) is 54.6 Å². The zero-order valence-corrected chi connectivity index (χ0v) is 17.8. The van der Waals surface area contributed by atoms with Gasteiger partial charge in [0.25, 0.3) is 5.91 Å². The summed E-state index contributed by atoms with van der Waals surface area (Å²) in [6, 6.07) is 16.4. The second-order valence-corrected chi connectivity index (χ2v) is 8.22. The van der Waals surface area contributed by atoms with Gasteiger partial charge < -0.3 is 10.1 Å². The van der Waals surface area contributed by atoms with E-state index in [2.05, 4.69) is 10.3 Å². The average molecular weight is 436 g/mol. The van der Waals surface area contributed by atoms with Crippen LogP contribution in [0, 0.1) is 0 Å². The standard InChI is InChI=1S/C22H17N3O3S2/c1-13(26)23-15-5-7-17(8-6-15)25-21(27)20(30-22(25)29)12-16-4-3-14-11-18(28-2)9-10-19(14)24-16/h3-12H,1-2H3,(H,23,26). The maximum absolute atomic E-state index is 13.0. The number of nitrogens with one attached hydrogen (secondary N) is 1. The highest BCUT2D eigenvalue weighted by Crippen LogP contribution is 2.36. The largest absolute Gasteiger partial charge is 0.497 e. The summed E-state index contributed by atoms with van der Waals surface area (Å²) in [6.07, 6.45) is 1.74. The van der Waals surface area contributed by atoms with Crippen molar-refractivity contribution < 1.29 is 14.3 Å². The molecule has 2 heterocycles. The van der Waals surface area contributed by atoms with Gasteiger partial charge in [0.1, 0.15) is 5.75 Å². The van der Waals surface area contributed by atoms with E-state index in [0.29, 0.717) is 26.3 Å². The zero-order chi connectivity index (χ0) is 21.3. The number of nitrogens with zero attached hydrogens (tertiary/aromatic N) is 2. The highest BCUT2D eigenvalue weighted by atomic mass is 32.2. The minimum absolute atomic E-state index is 0.155. The number of amides is 2. The van der Waals surface area contributed by atoms with Crippen molar-refractivity contribution in [3.05, 3.63) is 65.2 Å². The molecule has 0 aliphatic carbocycles. The monoisotopic (exact) mass is 435 g/mol. The smallest absolute Gasteiger partial charge is 0.270 e. The number of ether oxygens (including phenoxy) is 1. The van der Waals surface area contributed by atoms with E-state index in [0.717, 1.165) is 16.7 Å². The third-order valence-corrected chi connectivity index (χ3v) is 5.74. The Balaban J connectivity index is 1.59. The van der Waals surface area contributed by atoms with E-state index in [1.165, 1.54) is 23.6 Å². The summed E-state index contributed by atoms with van der Waals surface area (Å²) in [5.41, 5.74) is 2.79. The lowest BCUT2D eigenvalue weighted by molar-refractivity contribution is -0.114. The molecule has 1 saturated heterocycles. The van der Waals surface area contributed by atoms with Crippen LogP contribution in [-0.2, 0) is 9.59 Å². The molecule has 30 heavy (non-hydrogen) atoms. The van der Waals surface area contributed by atoms with E-state index in [1.54, 1.807) is 37.5 Å². The molecule has 1 fully saturated rings. The molecule has 2 amide bonds. The predicted molar refractivity (Wildman–Crippen MR) is 125 cm³/mol. The lowest BCUT2D eigenvalue weighted by atomic mass is 10.2. The Labute approximate surface area is 182 Å². The third kappa shape index (κ3) is 4.05. The van der Waals surface area contributed by atoms with Gasteiger partial charge in [0.2, 0.25) is 5.91 Å². The molecular weight excluding hydrogens is 418 g/mol.